The summed E-state index contributed by atoms with van der Waals surface area (Å²) in [7, 11) is 0. The van der Waals surface area contributed by atoms with E-state index in [2.05, 4.69) is 17.3 Å². The Morgan fingerprint density at radius 1 is 1.35 bits per heavy atom. The maximum atomic E-state index is 12.3. The van der Waals surface area contributed by atoms with Crippen molar-refractivity contribution in [2.24, 2.45) is 0 Å². The van der Waals surface area contributed by atoms with Gasteiger partial charge in [-0.15, -0.1) is 0 Å². The van der Waals surface area contributed by atoms with Crippen molar-refractivity contribution in [2.45, 2.75) is 39.3 Å². The molecule has 0 bridgehead atoms. The second kappa shape index (κ2) is 7.70. The Labute approximate surface area is 145 Å². The lowest BCUT2D eigenvalue weighted by atomic mass is 10.3. The number of hydrogen-bond donors (Lipinski definition) is 1. The van der Waals surface area contributed by atoms with Gasteiger partial charge in [0.05, 0.1) is 17.3 Å². The molecule has 0 saturated heterocycles. The minimum Gasteiger partial charge on any atom is -0.479 e. The van der Waals surface area contributed by atoms with Gasteiger partial charge in [0.15, 0.2) is 6.10 Å². The van der Waals surface area contributed by atoms with Crippen molar-refractivity contribution in [1.82, 2.24) is 9.78 Å². The first kappa shape index (κ1) is 17.6. The van der Waals surface area contributed by atoms with Gasteiger partial charge >= 0.3 is 0 Å². The SMILES string of the molecule is CC[C@@H](C)n1nccc1NC(=O)[C@@H](C)Oc1cc(Cl)ccc1Cl. The van der Waals surface area contributed by atoms with E-state index in [1.54, 1.807) is 42.1 Å². The molecule has 0 fully saturated rings. The Morgan fingerprint density at radius 3 is 2.78 bits per heavy atom. The van der Waals surface area contributed by atoms with E-state index in [0.717, 1.165) is 6.42 Å². The van der Waals surface area contributed by atoms with Crippen LogP contribution in [0.3, 0.4) is 0 Å². The summed E-state index contributed by atoms with van der Waals surface area (Å²) in [5.74, 6) is 0.723. The maximum absolute atomic E-state index is 12.3. The summed E-state index contributed by atoms with van der Waals surface area (Å²) in [5, 5.41) is 7.95. The van der Waals surface area contributed by atoms with Crippen molar-refractivity contribution in [3.63, 3.8) is 0 Å². The minimum atomic E-state index is -0.730. The first-order valence-electron chi connectivity index (χ1n) is 7.38. The summed E-state index contributed by atoms with van der Waals surface area (Å²) in [6.45, 7) is 5.75. The number of halogens is 2. The summed E-state index contributed by atoms with van der Waals surface area (Å²) >= 11 is 12.0. The molecule has 0 spiro atoms. The molecule has 0 saturated carbocycles. The molecule has 0 aliphatic heterocycles. The molecule has 2 aromatic rings. The topological polar surface area (TPSA) is 56.2 Å². The third kappa shape index (κ3) is 4.39. The Balaban J connectivity index is 2.06. The molecule has 0 radical (unpaired) electrons. The fourth-order valence-corrected chi connectivity index (χ4v) is 2.30. The lowest BCUT2D eigenvalue weighted by Gasteiger charge is -2.18. The maximum Gasteiger partial charge on any atom is 0.266 e. The number of amides is 1. The lowest BCUT2D eigenvalue weighted by Crippen LogP contribution is -2.31. The molecule has 1 aromatic carbocycles. The molecule has 0 aliphatic carbocycles. The predicted molar refractivity (Wildman–Crippen MR) is 92.4 cm³/mol. The van der Waals surface area contributed by atoms with E-state index in [-0.39, 0.29) is 11.9 Å². The number of rotatable bonds is 6. The van der Waals surface area contributed by atoms with Crippen LogP contribution in [0.4, 0.5) is 5.82 Å². The first-order valence-corrected chi connectivity index (χ1v) is 8.14. The third-order valence-electron chi connectivity index (χ3n) is 3.50. The van der Waals surface area contributed by atoms with E-state index in [1.165, 1.54) is 0 Å². The van der Waals surface area contributed by atoms with Crippen molar-refractivity contribution < 1.29 is 9.53 Å². The van der Waals surface area contributed by atoms with Crippen LogP contribution in [-0.4, -0.2) is 21.8 Å². The minimum absolute atomic E-state index is 0.193. The molecule has 7 heteroatoms. The standard InChI is InChI=1S/C16H19Cl2N3O2/c1-4-10(2)21-15(7-8-19-21)20-16(22)11(3)23-14-9-12(17)5-6-13(14)18/h5-11H,4H2,1-3H3,(H,20,22)/t10-,11-/m1/s1. The molecule has 5 nitrogen and oxygen atoms in total. The number of carbonyl (C=O) groups is 1. The second-order valence-electron chi connectivity index (χ2n) is 5.24. The first-order chi connectivity index (χ1) is 10.9. The van der Waals surface area contributed by atoms with Gasteiger partial charge in [0.1, 0.15) is 11.6 Å². The highest BCUT2D eigenvalue weighted by molar-refractivity contribution is 6.34. The van der Waals surface area contributed by atoms with Gasteiger partial charge in [-0.25, -0.2) is 4.68 Å². The molecule has 2 atom stereocenters. The van der Waals surface area contributed by atoms with Crippen LogP contribution in [0.1, 0.15) is 33.2 Å². The van der Waals surface area contributed by atoms with Crippen LogP contribution < -0.4 is 10.1 Å². The van der Waals surface area contributed by atoms with Crippen LogP contribution in [0.2, 0.25) is 10.0 Å². The molecular formula is C16H19Cl2N3O2. The van der Waals surface area contributed by atoms with Crippen LogP contribution in [0.5, 0.6) is 5.75 Å². The van der Waals surface area contributed by atoms with Crippen LogP contribution in [0.25, 0.3) is 0 Å². The van der Waals surface area contributed by atoms with Crippen LogP contribution in [0, 0.1) is 0 Å². The Hall–Kier alpha value is -1.72. The highest BCUT2D eigenvalue weighted by Gasteiger charge is 2.19. The van der Waals surface area contributed by atoms with Gasteiger partial charge in [0, 0.05) is 17.2 Å². The molecule has 23 heavy (non-hydrogen) atoms. The summed E-state index contributed by atoms with van der Waals surface area (Å²) in [4.78, 5) is 12.3. The number of ether oxygens (including phenoxy) is 1. The van der Waals surface area contributed by atoms with Crippen LogP contribution >= 0.6 is 23.2 Å². The van der Waals surface area contributed by atoms with Gasteiger partial charge in [-0.2, -0.15) is 5.10 Å². The molecule has 2 rings (SSSR count). The summed E-state index contributed by atoms with van der Waals surface area (Å²) in [5.41, 5.74) is 0. The van der Waals surface area contributed by atoms with Crippen molar-refractivity contribution in [3.8, 4) is 5.75 Å². The Kier molecular flexibility index (Phi) is 5.91. The highest BCUT2D eigenvalue weighted by Crippen LogP contribution is 2.28. The average molecular weight is 356 g/mol. The normalized spacial score (nSPS) is 13.4. The van der Waals surface area contributed by atoms with Gasteiger partial charge in [-0.1, -0.05) is 30.1 Å². The molecule has 1 aromatic heterocycles. The largest absolute Gasteiger partial charge is 0.479 e. The fourth-order valence-electron chi connectivity index (χ4n) is 1.98. The van der Waals surface area contributed by atoms with E-state index in [1.807, 2.05) is 6.92 Å². The number of anilines is 1. The molecular weight excluding hydrogens is 337 g/mol. The smallest absolute Gasteiger partial charge is 0.266 e. The quantitative estimate of drug-likeness (QED) is 0.825. The average Bonchev–Trinajstić information content (AvgIpc) is 2.98. The molecule has 0 aliphatic rings. The van der Waals surface area contributed by atoms with E-state index in [9.17, 15) is 4.79 Å². The fraction of sp³-hybridized carbons (Fsp3) is 0.375. The van der Waals surface area contributed by atoms with Crippen molar-refractivity contribution >= 4 is 34.9 Å². The number of aromatic nitrogens is 2. The van der Waals surface area contributed by atoms with Gasteiger partial charge in [-0.05, 0) is 32.4 Å². The number of carbonyl (C=O) groups excluding carboxylic acids is 1. The van der Waals surface area contributed by atoms with Crippen molar-refractivity contribution in [2.75, 3.05) is 5.32 Å². The molecule has 1 N–H and O–H groups in total. The number of hydrogen-bond acceptors (Lipinski definition) is 3. The van der Waals surface area contributed by atoms with Gasteiger partial charge < -0.3 is 10.1 Å². The van der Waals surface area contributed by atoms with E-state index in [4.69, 9.17) is 27.9 Å². The second-order valence-corrected chi connectivity index (χ2v) is 6.09. The Bertz CT molecular complexity index is 688. The monoisotopic (exact) mass is 355 g/mol. The summed E-state index contributed by atoms with van der Waals surface area (Å²) in [6.07, 6.45) is 1.84. The lowest BCUT2D eigenvalue weighted by molar-refractivity contribution is -0.122. The van der Waals surface area contributed by atoms with Gasteiger partial charge in [0.2, 0.25) is 0 Å². The Morgan fingerprint density at radius 2 is 2.09 bits per heavy atom. The molecule has 124 valence electrons. The zero-order chi connectivity index (χ0) is 17.0. The molecule has 1 heterocycles. The number of nitrogens with one attached hydrogen (secondary N) is 1. The summed E-state index contributed by atoms with van der Waals surface area (Å²) < 4.78 is 7.38. The van der Waals surface area contributed by atoms with Gasteiger partial charge in [0.25, 0.3) is 5.91 Å². The van der Waals surface area contributed by atoms with Crippen LogP contribution in [-0.2, 0) is 4.79 Å². The van der Waals surface area contributed by atoms with Crippen molar-refractivity contribution in [1.29, 1.82) is 0 Å². The van der Waals surface area contributed by atoms with E-state index in [0.29, 0.717) is 21.6 Å². The zero-order valence-electron chi connectivity index (χ0n) is 13.2. The number of nitrogens with zero attached hydrogens (tertiary/aromatic N) is 2. The van der Waals surface area contributed by atoms with E-state index < -0.39 is 6.10 Å². The molecule has 0 unspecified atom stereocenters. The number of benzene rings is 1. The molecule has 1 amide bonds. The van der Waals surface area contributed by atoms with Gasteiger partial charge in [-0.3, -0.25) is 4.79 Å². The summed E-state index contributed by atoms with van der Waals surface area (Å²) in [6, 6.07) is 6.81. The predicted octanol–water partition coefficient (Wildman–Crippen LogP) is 4.57. The zero-order valence-corrected chi connectivity index (χ0v) is 14.7. The van der Waals surface area contributed by atoms with Crippen molar-refractivity contribution in [3.05, 3.63) is 40.5 Å². The third-order valence-corrected chi connectivity index (χ3v) is 4.04. The van der Waals surface area contributed by atoms with E-state index >= 15 is 0 Å². The van der Waals surface area contributed by atoms with Crippen LogP contribution in [0.15, 0.2) is 30.5 Å². The highest BCUT2D eigenvalue weighted by atomic mass is 35.5.